The van der Waals surface area contributed by atoms with E-state index in [-0.39, 0.29) is 23.9 Å². The predicted octanol–water partition coefficient (Wildman–Crippen LogP) is 3.11. The van der Waals surface area contributed by atoms with E-state index in [4.69, 9.17) is 0 Å². The Bertz CT molecular complexity index is 1200. The SMILES string of the molecule is CCN(Cc1nc2ccccc2c(=O)[nH]1)C(=O)C=Cc1ccc(N2CCCC2=O)cc1. The quantitative estimate of drug-likeness (QED) is 0.626. The van der Waals surface area contributed by atoms with Crippen molar-refractivity contribution in [3.63, 3.8) is 0 Å². The van der Waals surface area contributed by atoms with Crippen LogP contribution in [0.4, 0.5) is 5.69 Å². The highest BCUT2D eigenvalue weighted by molar-refractivity contribution is 5.95. The summed E-state index contributed by atoms with van der Waals surface area (Å²) in [6.07, 6.45) is 4.75. The van der Waals surface area contributed by atoms with Crippen LogP contribution in [0.15, 0.2) is 59.4 Å². The number of rotatable bonds is 6. The molecule has 0 aliphatic carbocycles. The Balaban J connectivity index is 1.45. The molecule has 1 aromatic heterocycles. The number of H-pyrrole nitrogens is 1. The molecule has 0 spiro atoms. The predicted molar refractivity (Wildman–Crippen MR) is 121 cm³/mol. The van der Waals surface area contributed by atoms with Crippen molar-refractivity contribution in [2.45, 2.75) is 26.3 Å². The van der Waals surface area contributed by atoms with Gasteiger partial charge in [-0.05, 0) is 49.2 Å². The van der Waals surface area contributed by atoms with Crippen molar-refractivity contribution in [1.29, 1.82) is 0 Å². The Kier molecular flexibility index (Phi) is 5.93. The Morgan fingerprint density at radius 3 is 2.65 bits per heavy atom. The number of carbonyl (C=O) groups is 2. The molecule has 158 valence electrons. The molecule has 3 aromatic rings. The molecule has 1 saturated heterocycles. The van der Waals surface area contributed by atoms with Gasteiger partial charge < -0.3 is 14.8 Å². The van der Waals surface area contributed by atoms with Gasteiger partial charge in [0.05, 0.1) is 17.4 Å². The molecule has 0 unspecified atom stereocenters. The maximum atomic E-state index is 12.7. The van der Waals surface area contributed by atoms with Gasteiger partial charge in [0.1, 0.15) is 5.82 Å². The lowest BCUT2D eigenvalue weighted by atomic mass is 10.2. The first-order chi connectivity index (χ1) is 15.0. The molecule has 0 atom stereocenters. The summed E-state index contributed by atoms with van der Waals surface area (Å²) in [6, 6.07) is 14.7. The van der Waals surface area contributed by atoms with Crippen molar-refractivity contribution in [2.75, 3.05) is 18.0 Å². The van der Waals surface area contributed by atoms with Crippen molar-refractivity contribution in [1.82, 2.24) is 14.9 Å². The first-order valence-corrected chi connectivity index (χ1v) is 10.4. The average Bonchev–Trinajstić information content (AvgIpc) is 3.22. The van der Waals surface area contributed by atoms with Gasteiger partial charge in [-0.25, -0.2) is 4.98 Å². The Morgan fingerprint density at radius 2 is 1.94 bits per heavy atom. The van der Waals surface area contributed by atoms with Gasteiger partial charge in [0.15, 0.2) is 0 Å². The number of para-hydroxylation sites is 1. The number of likely N-dealkylation sites (N-methyl/N-ethyl adjacent to an activating group) is 1. The van der Waals surface area contributed by atoms with E-state index in [2.05, 4.69) is 9.97 Å². The minimum atomic E-state index is -0.212. The number of nitrogens with one attached hydrogen (secondary N) is 1. The lowest BCUT2D eigenvalue weighted by Crippen LogP contribution is -2.30. The number of hydrogen-bond acceptors (Lipinski definition) is 4. The summed E-state index contributed by atoms with van der Waals surface area (Å²) in [6.45, 7) is 3.33. The van der Waals surface area contributed by atoms with Crippen molar-refractivity contribution in [3.8, 4) is 0 Å². The Hall–Kier alpha value is -3.74. The summed E-state index contributed by atoms with van der Waals surface area (Å²) >= 11 is 0. The normalized spacial score (nSPS) is 14.0. The summed E-state index contributed by atoms with van der Waals surface area (Å²) < 4.78 is 0. The molecule has 1 fully saturated rings. The third-order valence-electron chi connectivity index (χ3n) is 5.39. The van der Waals surface area contributed by atoms with Crippen LogP contribution in [0.5, 0.6) is 0 Å². The van der Waals surface area contributed by atoms with Crippen LogP contribution in [0.3, 0.4) is 0 Å². The van der Waals surface area contributed by atoms with E-state index in [1.807, 2.05) is 37.3 Å². The summed E-state index contributed by atoms with van der Waals surface area (Å²) in [7, 11) is 0. The molecule has 7 heteroatoms. The number of amides is 2. The van der Waals surface area contributed by atoms with Crippen LogP contribution in [-0.4, -0.2) is 39.8 Å². The van der Waals surface area contributed by atoms with Crippen LogP contribution >= 0.6 is 0 Å². The van der Waals surface area contributed by atoms with Gasteiger partial charge in [-0.15, -0.1) is 0 Å². The fourth-order valence-electron chi connectivity index (χ4n) is 3.70. The van der Waals surface area contributed by atoms with E-state index < -0.39 is 0 Å². The molecule has 0 saturated carbocycles. The van der Waals surface area contributed by atoms with Gasteiger partial charge >= 0.3 is 0 Å². The molecular weight excluding hydrogens is 392 g/mol. The van der Waals surface area contributed by atoms with Gasteiger partial charge in [-0.1, -0.05) is 24.3 Å². The lowest BCUT2D eigenvalue weighted by Gasteiger charge is -2.18. The molecule has 2 amide bonds. The van der Waals surface area contributed by atoms with Crippen LogP contribution in [0.1, 0.15) is 31.2 Å². The van der Waals surface area contributed by atoms with Crippen LogP contribution in [-0.2, 0) is 16.1 Å². The Morgan fingerprint density at radius 1 is 1.16 bits per heavy atom. The van der Waals surface area contributed by atoms with E-state index in [0.29, 0.717) is 29.7 Å². The molecule has 0 bridgehead atoms. The van der Waals surface area contributed by atoms with Crippen LogP contribution < -0.4 is 10.5 Å². The fraction of sp³-hybridized carbons (Fsp3) is 0.250. The molecule has 7 nitrogen and oxygen atoms in total. The monoisotopic (exact) mass is 416 g/mol. The number of carbonyl (C=O) groups excluding carboxylic acids is 2. The van der Waals surface area contributed by atoms with Crippen molar-refractivity contribution < 1.29 is 9.59 Å². The summed E-state index contributed by atoms with van der Waals surface area (Å²) in [5.74, 6) is 0.432. The number of aromatic amines is 1. The number of anilines is 1. The maximum absolute atomic E-state index is 12.7. The molecular formula is C24H24N4O3. The van der Waals surface area contributed by atoms with Gasteiger partial charge in [0.2, 0.25) is 11.8 Å². The van der Waals surface area contributed by atoms with Gasteiger partial charge in [-0.3, -0.25) is 14.4 Å². The molecule has 0 radical (unpaired) electrons. The number of nitrogens with zero attached hydrogens (tertiary/aromatic N) is 3. The molecule has 1 N–H and O–H groups in total. The molecule has 4 rings (SSSR count). The largest absolute Gasteiger partial charge is 0.332 e. The number of aromatic nitrogens is 2. The average molecular weight is 416 g/mol. The van der Waals surface area contributed by atoms with Gasteiger partial charge in [0, 0.05) is 31.3 Å². The zero-order valence-electron chi connectivity index (χ0n) is 17.4. The molecule has 2 aromatic carbocycles. The number of fused-ring (bicyclic) bond motifs is 1. The van der Waals surface area contributed by atoms with Gasteiger partial charge in [-0.2, -0.15) is 0 Å². The number of benzene rings is 2. The van der Waals surface area contributed by atoms with Crippen molar-refractivity contribution in [3.05, 3.63) is 76.3 Å². The molecule has 1 aliphatic rings. The summed E-state index contributed by atoms with van der Waals surface area (Å²) in [4.78, 5) is 47.4. The van der Waals surface area contributed by atoms with Crippen LogP contribution in [0.2, 0.25) is 0 Å². The topological polar surface area (TPSA) is 86.4 Å². The maximum Gasteiger partial charge on any atom is 0.258 e. The van der Waals surface area contributed by atoms with E-state index in [1.165, 1.54) is 6.08 Å². The standard InChI is InChI=1S/C24H24N4O3/c1-2-27(16-21-25-20-7-4-3-6-19(20)24(31)26-21)22(29)14-11-17-9-12-18(13-10-17)28-15-5-8-23(28)30/h3-4,6-7,9-14H,2,5,8,15-16H2,1H3,(H,25,26,31). The minimum absolute atomic E-state index is 0.150. The van der Waals surface area contributed by atoms with E-state index >= 15 is 0 Å². The van der Waals surface area contributed by atoms with E-state index in [0.717, 1.165) is 24.2 Å². The van der Waals surface area contributed by atoms with Crippen molar-refractivity contribution >= 4 is 34.5 Å². The second-order valence-corrected chi connectivity index (χ2v) is 7.46. The van der Waals surface area contributed by atoms with Crippen molar-refractivity contribution in [2.24, 2.45) is 0 Å². The highest BCUT2D eigenvalue weighted by Crippen LogP contribution is 2.22. The zero-order valence-corrected chi connectivity index (χ0v) is 17.4. The first kappa shape index (κ1) is 20.5. The summed E-state index contributed by atoms with van der Waals surface area (Å²) in [5.41, 5.74) is 2.15. The minimum Gasteiger partial charge on any atom is -0.332 e. The summed E-state index contributed by atoms with van der Waals surface area (Å²) in [5, 5.41) is 0.527. The lowest BCUT2D eigenvalue weighted by molar-refractivity contribution is -0.126. The van der Waals surface area contributed by atoms with Crippen LogP contribution in [0, 0.1) is 0 Å². The molecule has 31 heavy (non-hydrogen) atoms. The van der Waals surface area contributed by atoms with Crippen LogP contribution in [0.25, 0.3) is 17.0 Å². The second-order valence-electron chi connectivity index (χ2n) is 7.46. The third kappa shape index (κ3) is 4.55. The van der Waals surface area contributed by atoms with Gasteiger partial charge in [0.25, 0.3) is 5.56 Å². The van der Waals surface area contributed by atoms with E-state index in [1.54, 1.807) is 34.1 Å². The number of hydrogen-bond donors (Lipinski definition) is 1. The zero-order chi connectivity index (χ0) is 21.8. The first-order valence-electron chi connectivity index (χ1n) is 10.4. The highest BCUT2D eigenvalue weighted by Gasteiger charge is 2.21. The van der Waals surface area contributed by atoms with E-state index in [9.17, 15) is 14.4 Å². The fourth-order valence-corrected chi connectivity index (χ4v) is 3.70. The smallest absolute Gasteiger partial charge is 0.258 e. The molecule has 2 heterocycles. The second kappa shape index (κ2) is 8.95. The third-order valence-corrected chi connectivity index (χ3v) is 5.39. The molecule has 1 aliphatic heterocycles. The Labute approximate surface area is 180 Å². The highest BCUT2D eigenvalue weighted by atomic mass is 16.2.